The van der Waals surface area contributed by atoms with Gasteiger partial charge in [-0.05, 0) is 38.5 Å². The van der Waals surface area contributed by atoms with Crippen LogP contribution in [0, 0.1) is 13.8 Å². The number of benzene rings is 1. The molecule has 0 aliphatic heterocycles. The van der Waals surface area contributed by atoms with Gasteiger partial charge in [-0.3, -0.25) is 9.36 Å². The lowest BCUT2D eigenvalue weighted by Gasteiger charge is -2.12. The number of nitrogens with zero attached hydrogens (tertiary/aromatic N) is 3. The van der Waals surface area contributed by atoms with E-state index in [4.69, 9.17) is 4.52 Å². The molecule has 2 heterocycles. The molecule has 1 amide bonds. The Morgan fingerprint density at radius 1 is 1.33 bits per heavy atom. The van der Waals surface area contributed by atoms with E-state index in [0.29, 0.717) is 11.6 Å². The van der Waals surface area contributed by atoms with E-state index in [9.17, 15) is 4.79 Å². The highest BCUT2D eigenvalue weighted by Crippen LogP contribution is 2.25. The normalized spacial score (nSPS) is 12.1. The van der Waals surface area contributed by atoms with Crippen molar-refractivity contribution in [2.75, 3.05) is 5.32 Å². The Morgan fingerprint density at radius 2 is 2.17 bits per heavy atom. The van der Waals surface area contributed by atoms with Gasteiger partial charge in [-0.2, -0.15) is 0 Å². The van der Waals surface area contributed by atoms with Gasteiger partial charge in [0, 0.05) is 24.1 Å². The van der Waals surface area contributed by atoms with Gasteiger partial charge in [0.2, 0.25) is 5.91 Å². The quantitative estimate of drug-likeness (QED) is 0.717. The average Bonchev–Trinajstić information content (AvgIpc) is 3.16. The van der Waals surface area contributed by atoms with Crippen molar-refractivity contribution in [1.29, 1.82) is 0 Å². The number of rotatable bonds is 5. The molecule has 2 aromatic heterocycles. The molecule has 0 spiro atoms. The summed E-state index contributed by atoms with van der Waals surface area (Å²) in [7, 11) is 0. The molecule has 6 nitrogen and oxygen atoms in total. The summed E-state index contributed by atoms with van der Waals surface area (Å²) in [6, 6.07) is 9.82. The first-order chi connectivity index (χ1) is 11.5. The van der Waals surface area contributed by atoms with E-state index >= 15 is 0 Å². The Hall–Kier alpha value is -2.54. The van der Waals surface area contributed by atoms with Gasteiger partial charge in [-0.15, -0.1) is 0 Å². The third kappa shape index (κ3) is 3.68. The minimum Gasteiger partial charge on any atom is -0.360 e. The Kier molecular flexibility index (Phi) is 4.71. The largest absolute Gasteiger partial charge is 0.360 e. The van der Waals surface area contributed by atoms with Gasteiger partial charge in [0.25, 0.3) is 0 Å². The Bertz CT molecular complexity index is 856. The lowest BCUT2D eigenvalue weighted by Crippen LogP contribution is -2.23. The van der Waals surface area contributed by atoms with Crippen molar-refractivity contribution >= 4 is 23.5 Å². The second-order valence-corrected chi connectivity index (χ2v) is 6.80. The van der Waals surface area contributed by atoms with Gasteiger partial charge in [-0.25, -0.2) is 4.98 Å². The van der Waals surface area contributed by atoms with Crippen LogP contribution in [0.2, 0.25) is 0 Å². The molecular formula is C17H18N4O2S. The summed E-state index contributed by atoms with van der Waals surface area (Å²) < 4.78 is 6.93. The van der Waals surface area contributed by atoms with Crippen molar-refractivity contribution in [3.8, 4) is 5.69 Å². The van der Waals surface area contributed by atoms with Crippen molar-refractivity contribution in [2.45, 2.75) is 31.2 Å². The lowest BCUT2D eigenvalue weighted by atomic mass is 10.2. The first kappa shape index (κ1) is 16.3. The van der Waals surface area contributed by atoms with Gasteiger partial charge >= 0.3 is 0 Å². The van der Waals surface area contributed by atoms with E-state index in [0.717, 1.165) is 10.8 Å². The minimum absolute atomic E-state index is 0.146. The standard InChI is InChI=1S/C17H18N4O2S/c1-11-5-4-6-14(9-11)21-8-7-18-17(21)24-13(3)16(22)19-15-10-12(2)23-20-15/h4-10,13H,1-3H3,(H,19,20,22). The number of carbonyl (C=O) groups excluding carboxylic acids is 1. The maximum absolute atomic E-state index is 12.3. The molecule has 0 bridgehead atoms. The first-order valence-electron chi connectivity index (χ1n) is 7.54. The van der Waals surface area contributed by atoms with Crippen molar-refractivity contribution < 1.29 is 9.32 Å². The monoisotopic (exact) mass is 342 g/mol. The fourth-order valence-corrected chi connectivity index (χ4v) is 3.10. The number of anilines is 1. The average molecular weight is 342 g/mol. The molecule has 1 unspecified atom stereocenters. The minimum atomic E-state index is -0.326. The van der Waals surface area contributed by atoms with Gasteiger partial charge in [0.15, 0.2) is 11.0 Å². The van der Waals surface area contributed by atoms with E-state index in [2.05, 4.69) is 21.5 Å². The number of aryl methyl sites for hydroxylation is 2. The first-order valence-corrected chi connectivity index (χ1v) is 8.42. The zero-order valence-corrected chi connectivity index (χ0v) is 14.5. The molecule has 0 aliphatic carbocycles. The summed E-state index contributed by atoms with van der Waals surface area (Å²) in [4.78, 5) is 16.7. The van der Waals surface area contributed by atoms with Crippen LogP contribution in [0.1, 0.15) is 18.2 Å². The van der Waals surface area contributed by atoms with E-state index in [-0.39, 0.29) is 11.2 Å². The van der Waals surface area contributed by atoms with Crippen LogP contribution < -0.4 is 5.32 Å². The van der Waals surface area contributed by atoms with Gasteiger partial charge < -0.3 is 9.84 Å². The molecule has 1 N–H and O–H groups in total. The maximum Gasteiger partial charge on any atom is 0.238 e. The predicted molar refractivity (Wildman–Crippen MR) is 93.5 cm³/mol. The number of carbonyl (C=O) groups is 1. The van der Waals surface area contributed by atoms with Crippen molar-refractivity contribution in [3.05, 3.63) is 54.0 Å². The number of nitrogens with one attached hydrogen (secondary N) is 1. The zero-order chi connectivity index (χ0) is 17.1. The maximum atomic E-state index is 12.3. The Morgan fingerprint density at radius 3 is 2.88 bits per heavy atom. The Labute approximate surface area is 144 Å². The van der Waals surface area contributed by atoms with Gasteiger partial charge in [0.1, 0.15) is 5.76 Å². The molecule has 0 aliphatic rings. The third-order valence-electron chi connectivity index (χ3n) is 3.42. The molecule has 0 radical (unpaired) electrons. The summed E-state index contributed by atoms with van der Waals surface area (Å²) in [6.45, 7) is 5.66. The van der Waals surface area contributed by atoms with Crippen molar-refractivity contribution in [1.82, 2.24) is 14.7 Å². The highest BCUT2D eigenvalue weighted by atomic mass is 32.2. The van der Waals surface area contributed by atoms with Crippen LogP contribution in [0.25, 0.3) is 5.69 Å². The molecule has 7 heteroatoms. The highest BCUT2D eigenvalue weighted by Gasteiger charge is 2.19. The Balaban J connectivity index is 1.72. The van der Waals surface area contributed by atoms with E-state index in [1.165, 1.54) is 17.3 Å². The summed E-state index contributed by atoms with van der Waals surface area (Å²) >= 11 is 1.39. The van der Waals surface area contributed by atoms with E-state index < -0.39 is 0 Å². The van der Waals surface area contributed by atoms with Crippen LogP contribution in [0.4, 0.5) is 5.82 Å². The summed E-state index contributed by atoms with van der Waals surface area (Å²) in [5.74, 6) is 0.930. The predicted octanol–water partition coefficient (Wildman–Crippen LogP) is 3.60. The van der Waals surface area contributed by atoms with E-state index in [1.54, 1.807) is 19.2 Å². The molecule has 0 saturated carbocycles. The fraction of sp³-hybridized carbons (Fsp3) is 0.235. The molecule has 0 fully saturated rings. The summed E-state index contributed by atoms with van der Waals surface area (Å²) in [5, 5.41) is 6.95. The van der Waals surface area contributed by atoms with Crippen LogP contribution in [0.3, 0.4) is 0 Å². The van der Waals surface area contributed by atoms with Crippen LogP contribution >= 0.6 is 11.8 Å². The number of hydrogen-bond acceptors (Lipinski definition) is 5. The van der Waals surface area contributed by atoms with Crippen molar-refractivity contribution in [3.63, 3.8) is 0 Å². The lowest BCUT2D eigenvalue weighted by molar-refractivity contribution is -0.115. The molecule has 0 saturated heterocycles. The molecular weight excluding hydrogens is 324 g/mol. The van der Waals surface area contributed by atoms with Gasteiger partial charge in [-0.1, -0.05) is 29.1 Å². The zero-order valence-electron chi connectivity index (χ0n) is 13.7. The van der Waals surface area contributed by atoms with Crippen LogP contribution in [0.15, 0.2) is 52.4 Å². The summed E-state index contributed by atoms with van der Waals surface area (Å²) in [5.41, 5.74) is 2.19. The molecule has 124 valence electrons. The molecule has 3 rings (SSSR count). The number of amides is 1. The second-order valence-electron chi connectivity index (χ2n) is 5.49. The molecule has 24 heavy (non-hydrogen) atoms. The summed E-state index contributed by atoms with van der Waals surface area (Å²) in [6.07, 6.45) is 3.62. The smallest absolute Gasteiger partial charge is 0.238 e. The second kappa shape index (κ2) is 6.92. The van der Waals surface area contributed by atoms with E-state index in [1.807, 2.05) is 42.8 Å². The van der Waals surface area contributed by atoms with Crippen molar-refractivity contribution in [2.24, 2.45) is 0 Å². The fourth-order valence-electron chi connectivity index (χ4n) is 2.22. The van der Waals surface area contributed by atoms with Crippen LogP contribution in [0.5, 0.6) is 0 Å². The van der Waals surface area contributed by atoms with Crippen LogP contribution in [-0.2, 0) is 4.79 Å². The number of imidazole rings is 1. The molecule has 1 atom stereocenters. The number of hydrogen-bond donors (Lipinski definition) is 1. The SMILES string of the molecule is Cc1cccc(-n2ccnc2SC(C)C(=O)Nc2cc(C)on2)c1. The molecule has 1 aromatic carbocycles. The third-order valence-corrected chi connectivity index (χ3v) is 4.50. The highest BCUT2D eigenvalue weighted by molar-refractivity contribution is 8.00. The number of aromatic nitrogens is 3. The molecule has 3 aromatic rings. The number of thioether (sulfide) groups is 1. The van der Waals surface area contributed by atoms with Crippen LogP contribution in [-0.4, -0.2) is 25.9 Å². The topological polar surface area (TPSA) is 73.0 Å². The van der Waals surface area contributed by atoms with Gasteiger partial charge in [0.05, 0.1) is 5.25 Å².